The maximum Gasteiger partial charge on any atom is 0.125 e. The van der Waals surface area contributed by atoms with Crippen molar-refractivity contribution in [3.63, 3.8) is 0 Å². The van der Waals surface area contributed by atoms with Gasteiger partial charge in [-0.15, -0.1) is 6.58 Å². The van der Waals surface area contributed by atoms with Crippen LogP contribution in [0.1, 0.15) is 22.7 Å². The molecule has 2 heterocycles. The van der Waals surface area contributed by atoms with Crippen molar-refractivity contribution in [1.29, 1.82) is 0 Å². The summed E-state index contributed by atoms with van der Waals surface area (Å²) in [5.41, 5.74) is 3.16. The highest BCUT2D eigenvalue weighted by atomic mass is 35.5. The topological polar surface area (TPSA) is 22.1 Å². The number of aromatic nitrogens is 1. The highest BCUT2D eigenvalue weighted by Gasteiger charge is 2.23. The lowest BCUT2D eigenvalue weighted by Gasteiger charge is -2.13. The van der Waals surface area contributed by atoms with E-state index in [2.05, 4.69) is 11.6 Å². The van der Waals surface area contributed by atoms with Crippen molar-refractivity contribution in [2.75, 3.05) is 0 Å². The van der Waals surface area contributed by atoms with Gasteiger partial charge in [0.25, 0.3) is 0 Å². The van der Waals surface area contributed by atoms with Crippen molar-refractivity contribution in [3.05, 3.63) is 71.0 Å². The first kappa shape index (κ1) is 11.3. The zero-order chi connectivity index (χ0) is 12.5. The van der Waals surface area contributed by atoms with Gasteiger partial charge >= 0.3 is 0 Å². The maximum atomic E-state index is 6.01. The van der Waals surface area contributed by atoms with Gasteiger partial charge in [-0.3, -0.25) is 4.98 Å². The van der Waals surface area contributed by atoms with Crippen LogP contribution in [0.3, 0.4) is 0 Å². The molecule has 2 nitrogen and oxygen atoms in total. The Morgan fingerprint density at radius 3 is 3.11 bits per heavy atom. The molecule has 0 N–H and O–H groups in total. The minimum atomic E-state index is 0.0518. The monoisotopic (exact) mass is 257 g/mol. The molecule has 1 atom stereocenters. The second-order valence-electron chi connectivity index (χ2n) is 4.23. The third-order valence-corrected chi connectivity index (χ3v) is 3.39. The molecular weight excluding hydrogens is 246 g/mol. The molecule has 18 heavy (non-hydrogen) atoms. The van der Waals surface area contributed by atoms with Gasteiger partial charge in [-0.05, 0) is 18.2 Å². The largest absolute Gasteiger partial charge is 0.488 e. The second kappa shape index (κ2) is 4.46. The van der Waals surface area contributed by atoms with Gasteiger partial charge < -0.3 is 4.74 Å². The molecule has 0 aliphatic carbocycles. The Kier molecular flexibility index (Phi) is 2.80. The maximum absolute atomic E-state index is 6.01. The van der Waals surface area contributed by atoms with Crippen LogP contribution in [0.25, 0.3) is 0 Å². The number of allylic oxidation sites excluding steroid dienone is 1. The molecule has 90 valence electrons. The quantitative estimate of drug-likeness (QED) is 0.722. The van der Waals surface area contributed by atoms with Crippen LogP contribution < -0.4 is 4.74 Å². The highest BCUT2D eigenvalue weighted by molar-refractivity contribution is 6.30. The van der Waals surface area contributed by atoms with Crippen LogP contribution >= 0.6 is 11.6 Å². The number of fused-ring (bicyclic) bond motifs is 2. The van der Waals surface area contributed by atoms with Gasteiger partial charge in [-0.2, -0.15) is 0 Å². The summed E-state index contributed by atoms with van der Waals surface area (Å²) in [5.74, 6) is 0.862. The molecule has 1 aliphatic heterocycles. The van der Waals surface area contributed by atoms with Crippen molar-refractivity contribution in [2.24, 2.45) is 0 Å². The molecule has 1 aromatic heterocycles. The van der Waals surface area contributed by atoms with Crippen molar-refractivity contribution in [2.45, 2.75) is 12.5 Å². The van der Waals surface area contributed by atoms with Crippen molar-refractivity contribution in [3.8, 4) is 5.75 Å². The Labute approximate surface area is 111 Å². The van der Waals surface area contributed by atoms with Crippen LogP contribution in [0.15, 0.2) is 49.2 Å². The zero-order valence-electron chi connectivity index (χ0n) is 9.77. The van der Waals surface area contributed by atoms with E-state index in [4.69, 9.17) is 16.3 Å². The average molecular weight is 258 g/mol. The number of hydrogen-bond donors (Lipinski definition) is 0. The highest BCUT2D eigenvalue weighted by Crippen LogP contribution is 2.38. The van der Waals surface area contributed by atoms with Gasteiger partial charge in [0.1, 0.15) is 12.4 Å². The van der Waals surface area contributed by atoms with Gasteiger partial charge in [0.2, 0.25) is 0 Å². The average Bonchev–Trinajstić information content (AvgIpc) is 2.55. The number of nitrogens with zero attached hydrogens (tertiary/aromatic N) is 1. The molecule has 0 bridgehead atoms. The first-order valence-corrected chi connectivity index (χ1v) is 6.16. The summed E-state index contributed by atoms with van der Waals surface area (Å²) in [6.45, 7) is 4.43. The molecule has 0 amide bonds. The SMILES string of the molecule is C=C[C@H]1c2ccc(Cl)cc2OCc2cccnc21. The fourth-order valence-corrected chi connectivity index (χ4v) is 2.45. The van der Waals surface area contributed by atoms with Gasteiger partial charge in [0.15, 0.2) is 0 Å². The molecular formula is C15H12ClNO. The molecule has 3 rings (SSSR count). The van der Waals surface area contributed by atoms with E-state index in [0.717, 1.165) is 22.6 Å². The van der Waals surface area contributed by atoms with E-state index >= 15 is 0 Å². The van der Waals surface area contributed by atoms with Crippen LogP contribution in [0.4, 0.5) is 0 Å². The lowest BCUT2D eigenvalue weighted by atomic mass is 9.93. The summed E-state index contributed by atoms with van der Waals surface area (Å²) in [4.78, 5) is 4.47. The number of halogens is 1. The molecule has 0 spiro atoms. The van der Waals surface area contributed by atoms with Crippen molar-refractivity contribution >= 4 is 11.6 Å². The molecule has 0 unspecified atom stereocenters. The molecule has 3 heteroatoms. The Hall–Kier alpha value is -1.80. The lowest BCUT2D eigenvalue weighted by Crippen LogP contribution is -2.02. The van der Waals surface area contributed by atoms with Crippen LogP contribution in [0.5, 0.6) is 5.75 Å². The standard InChI is InChI=1S/C15H12ClNO/c1-2-12-13-6-5-11(16)8-14(13)18-9-10-4-3-7-17-15(10)12/h2-8,12H,1,9H2/t12-/m0/s1. The number of rotatable bonds is 1. The van der Waals surface area contributed by atoms with E-state index in [1.165, 1.54) is 0 Å². The summed E-state index contributed by atoms with van der Waals surface area (Å²) >= 11 is 6.01. The van der Waals surface area contributed by atoms with Crippen LogP contribution in [0.2, 0.25) is 5.02 Å². The Morgan fingerprint density at radius 2 is 2.28 bits per heavy atom. The summed E-state index contributed by atoms with van der Waals surface area (Å²) in [5, 5.41) is 0.676. The minimum absolute atomic E-state index is 0.0518. The van der Waals surface area contributed by atoms with Crippen LogP contribution in [-0.4, -0.2) is 4.98 Å². The number of ether oxygens (including phenoxy) is 1. The second-order valence-corrected chi connectivity index (χ2v) is 4.67. The third kappa shape index (κ3) is 1.79. The Bertz CT molecular complexity index is 609. The predicted molar refractivity (Wildman–Crippen MR) is 72.1 cm³/mol. The molecule has 2 aromatic rings. The summed E-state index contributed by atoms with van der Waals surface area (Å²) in [7, 11) is 0. The smallest absolute Gasteiger partial charge is 0.125 e. The summed E-state index contributed by atoms with van der Waals surface area (Å²) in [6, 6.07) is 9.65. The number of pyridine rings is 1. The molecule has 0 saturated carbocycles. The van der Waals surface area contributed by atoms with Crippen molar-refractivity contribution in [1.82, 2.24) is 4.98 Å². The predicted octanol–water partition coefficient (Wildman–Crippen LogP) is 3.95. The minimum Gasteiger partial charge on any atom is -0.488 e. The lowest BCUT2D eigenvalue weighted by molar-refractivity contribution is 0.306. The van der Waals surface area contributed by atoms with Crippen LogP contribution in [-0.2, 0) is 6.61 Å². The molecule has 1 aromatic carbocycles. The summed E-state index contributed by atoms with van der Waals surface area (Å²) < 4.78 is 5.82. The number of benzene rings is 1. The van der Waals surface area contributed by atoms with E-state index in [1.54, 1.807) is 6.20 Å². The Balaban J connectivity index is 2.21. The van der Waals surface area contributed by atoms with E-state index < -0.39 is 0 Å². The molecule has 1 aliphatic rings. The van der Waals surface area contributed by atoms with E-state index in [9.17, 15) is 0 Å². The zero-order valence-corrected chi connectivity index (χ0v) is 10.5. The Morgan fingerprint density at radius 1 is 1.39 bits per heavy atom. The fourth-order valence-electron chi connectivity index (χ4n) is 2.28. The van der Waals surface area contributed by atoms with E-state index in [0.29, 0.717) is 11.6 Å². The van der Waals surface area contributed by atoms with Gasteiger partial charge in [-0.25, -0.2) is 0 Å². The first-order chi connectivity index (χ1) is 8.79. The van der Waals surface area contributed by atoms with Gasteiger partial charge in [0.05, 0.1) is 5.69 Å². The van der Waals surface area contributed by atoms with E-state index in [-0.39, 0.29) is 5.92 Å². The molecule has 0 fully saturated rings. The fraction of sp³-hybridized carbons (Fsp3) is 0.133. The third-order valence-electron chi connectivity index (χ3n) is 3.15. The van der Waals surface area contributed by atoms with E-state index in [1.807, 2.05) is 36.4 Å². The van der Waals surface area contributed by atoms with Crippen molar-refractivity contribution < 1.29 is 4.74 Å². The van der Waals surface area contributed by atoms with Gasteiger partial charge in [0, 0.05) is 28.3 Å². The number of hydrogen-bond acceptors (Lipinski definition) is 2. The molecule has 0 radical (unpaired) electrons. The first-order valence-electron chi connectivity index (χ1n) is 5.78. The summed E-state index contributed by atoms with van der Waals surface area (Å²) in [6.07, 6.45) is 3.70. The normalized spacial score (nSPS) is 17.1. The van der Waals surface area contributed by atoms with Gasteiger partial charge in [-0.1, -0.05) is 29.8 Å². The molecule has 0 saturated heterocycles. The van der Waals surface area contributed by atoms with Crippen LogP contribution in [0, 0.1) is 0 Å².